The molecule has 0 bridgehead atoms. The molecule has 106 valence electrons. The molecule has 20 heavy (non-hydrogen) atoms. The molecule has 1 aromatic rings. The lowest BCUT2D eigenvalue weighted by molar-refractivity contribution is -0.138. The Kier molecular flexibility index (Phi) is 3.83. The number of carbonyl (C=O) groups is 3. The fraction of sp³-hybridized carbons (Fsp3) is 0.357. The van der Waals surface area contributed by atoms with Gasteiger partial charge in [-0.15, -0.1) is 0 Å². The number of carbonyl (C=O) groups excluding carboxylic acids is 3. The smallest absolute Gasteiger partial charge is 0.255 e. The van der Waals surface area contributed by atoms with Crippen molar-refractivity contribution in [3.05, 3.63) is 35.1 Å². The van der Waals surface area contributed by atoms with Crippen molar-refractivity contribution in [2.75, 3.05) is 6.54 Å². The number of hydrogen-bond donors (Lipinski definition) is 1. The third-order valence-electron chi connectivity index (χ3n) is 3.31. The van der Waals surface area contributed by atoms with Gasteiger partial charge in [-0.3, -0.25) is 19.7 Å². The first-order valence-corrected chi connectivity index (χ1v) is 6.35. The highest BCUT2D eigenvalue weighted by atomic mass is 19.1. The van der Waals surface area contributed by atoms with E-state index in [1.807, 2.05) is 0 Å². The van der Waals surface area contributed by atoms with Crippen molar-refractivity contribution in [3.63, 3.8) is 0 Å². The Morgan fingerprint density at radius 2 is 2.15 bits per heavy atom. The van der Waals surface area contributed by atoms with Gasteiger partial charge in [0, 0.05) is 5.56 Å². The maximum atomic E-state index is 13.2. The van der Waals surface area contributed by atoms with Gasteiger partial charge in [0.05, 0.1) is 0 Å². The van der Waals surface area contributed by atoms with E-state index in [0.717, 1.165) is 0 Å². The third kappa shape index (κ3) is 2.54. The van der Waals surface area contributed by atoms with Crippen molar-refractivity contribution >= 4 is 17.7 Å². The van der Waals surface area contributed by atoms with E-state index in [-0.39, 0.29) is 12.1 Å². The van der Waals surface area contributed by atoms with E-state index in [1.165, 1.54) is 23.1 Å². The van der Waals surface area contributed by atoms with Gasteiger partial charge in [-0.1, -0.05) is 6.92 Å². The van der Waals surface area contributed by atoms with Gasteiger partial charge >= 0.3 is 0 Å². The van der Waals surface area contributed by atoms with Crippen LogP contribution in [0.1, 0.15) is 29.3 Å². The Labute approximate surface area is 115 Å². The second-order valence-corrected chi connectivity index (χ2v) is 4.73. The number of rotatable bonds is 2. The van der Waals surface area contributed by atoms with Gasteiger partial charge in [-0.2, -0.15) is 0 Å². The lowest BCUT2D eigenvalue weighted by Crippen LogP contribution is -2.59. The molecular formula is C14H15FN2O3. The van der Waals surface area contributed by atoms with Crippen molar-refractivity contribution in [3.8, 4) is 0 Å². The molecule has 1 fully saturated rings. The molecule has 1 saturated heterocycles. The largest absolute Gasteiger partial charge is 0.317 e. The molecule has 0 aromatic heterocycles. The van der Waals surface area contributed by atoms with Crippen LogP contribution >= 0.6 is 0 Å². The molecule has 1 aliphatic rings. The van der Waals surface area contributed by atoms with Gasteiger partial charge in [0.15, 0.2) is 0 Å². The van der Waals surface area contributed by atoms with Crippen LogP contribution in [0.3, 0.4) is 0 Å². The molecule has 1 aromatic carbocycles. The van der Waals surface area contributed by atoms with Crippen molar-refractivity contribution in [2.24, 2.45) is 0 Å². The van der Waals surface area contributed by atoms with E-state index in [9.17, 15) is 18.8 Å². The molecule has 0 aliphatic carbocycles. The topological polar surface area (TPSA) is 66.5 Å². The molecule has 0 spiro atoms. The van der Waals surface area contributed by atoms with Crippen LogP contribution in [0.5, 0.6) is 0 Å². The van der Waals surface area contributed by atoms with Crippen LogP contribution in [-0.4, -0.2) is 35.2 Å². The minimum atomic E-state index is -0.675. The standard InChI is InChI=1S/C14H15FN2O3/c1-3-11-13(19)16-12(18)7-17(11)14(20)9-4-5-10(15)8(2)6-9/h4-6,11H,3,7H2,1-2H3,(H,16,18,19). The summed E-state index contributed by atoms with van der Waals surface area (Å²) < 4.78 is 13.2. The Morgan fingerprint density at radius 3 is 2.75 bits per heavy atom. The third-order valence-corrected chi connectivity index (χ3v) is 3.31. The number of aryl methyl sites for hydroxylation is 1. The fourth-order valence-corrected chi connectivity index (χ4v) is 2.23. The minimum Gasteiger partial charge on any atom is -0.317 e. The van der Waals surface area contributed by atoms with E-state index in [0.29, 0.717) is 12.0 Å². The summed E-state index contributed by atoms with van der Waals surface area (Å²) in [6.07, 6.45) is 0.408. The molecule has 5 nitrogen and oxygen atoms in total. The number of benzene rings is 1. The van der Waals surface area contributed by atoms with Gasteiger partial charge in [0.1, 0.15) is 18.4 Å². The maximum Gasteiger partial charge on any atom is 0.255 e. The van der Waals surface area contributed by atoms with Crippen LogP contribution in [0.4, 0.5) is 4.39 Å². The summed E-state index contributed by atoms with van der Waals surface area (Å²) in [7, 11) is 0. The van der Waals surface area contributed by atoms with Crippen molar-refractivity contribution in [1.82, 2.24) is 10.2 Å². The minimum absolute atomic E-state index is 0.167. The second-order valence-electron chi connectivity index (χ2n) is 4.73. The first kappa shape index (κ1) is 14.2. The molecule has 0 radical (unpaired) electrons. The van der Waals surface area contributed by atoms with Crippen molar-refractivity contribution in [2.45, 2.75) is 26.3 Å². The molecule has 6 heteroatoms. The van der Waals surface area contributed by atoms with Gasteiger partial charge in [-0.05, 0) is 37.1 Å². The number of imide groups is 1. The molecule has 1 atom stereocenters. The van der Waals surface area contributed by atoms with Crippen LogP contribution in [0.25, 0.3) is 0 Å². The SMILES string of the molecule is CCC1C(=O)NC(=O)CN1C(=O)c1ccc(F)c(C)c1. The molecule has 3 amide bonds. The monoisotopic (exact) mass is 278 g/mol. The zero-order valence-corrected chi connectivity index (χ0v) is 11.3. The van der Waals surface area contributed by atoms with E-state index < -0.39 is 29.6 Å². The van der Waals surface area contributed by atoms with E-state index >= 15 is 0 Å². The molecule has 2 rings (SSSR count). The normalized spacial score (nSPS) is 18.9. The average molecular weight is 278 g/mol. The molecule has 1 aliphatic heterocycles. The summed E-state index contributed by atoms with van der Waals surface area (Å²) in [5.74, 6) is -1.83. The molecular weight excluding hydrogens is 263 g/mol. The number of hydrogen-bond acceptors (Lipinski definition) is 3. The van der Waals surface area contributed by atoms with Crippen LogP contribution in [0.15, 0.2) is 18.2 Å². The zero-order chi connectivity index (χ0) is 14.9. The van der Waals surface area contributed by atoms with Crippen LogP contribution in [0, 0.1) is 12.7 Å². The number of amides is 3. The zero-order valence-electron chi connectivity index (χ0n) is 11.3. The maximum absolute atomic E-state index is 13.2. The molecule has 1 heterocycles. The first-order chi connectivity index (χ1) is 9.43. The average Bonchev–Trinajstić information content (AvgIpc) is 2.40. The summed E-state index contributed by atoms with van der Waals surface area (Å²) in [6.45, 7) is 3.15. The Bertz CT molecular complexity index is 586. The highest BCUT2D eigenvalue weighted by Gasteiger charge is 2.35. The number of nitrogens with one attached hydrogen (secondary N) is 1. The number of nitrogens with zero attached hydrogens (tertiary/aromatic N) is 1. The van der Waals surface area contributed by atoms with Gasteiger partial charge < -0.3 is 4.90 Å². The van der Waals surface area contributed by atoms with Crippen LogP contribution in [-0.2, 0) is 9.59 Å². The molecule has 0 saturated carbocycles. The van der Waals surface area contributed by atoms with Crippen LogP contribution in [0.2, 0.25) is 0 Å². The predicted octanol–water partition coefficient (Wildman–Crippen LogP) is 1.01. The van der Waals surface area contributed by atoms with Crippen molar-refractivity contribution < 1.29 is 18.8 Å². The highest BCUT2D eigenvalue weighted by molar-refractivity contribution is 6.07. The fourth-order valence-electron chi connectivity index (χ4n) is 2.23. The van der Waals surface area contributed by atoms with E-state index in [4.69, 9.17) is 0 Å². The Balaban J connectivity index is 2.32. The molecule has 1 unspecified atom stereocenters. The van der Waals surface area contributed by atoms with E-state index in [1.54, 1.807) is 13.8 Å². The molecule has 1 N–H and O–H groups in total. The predicted molar refractivity (Wildman–Crippen MR) is 69.4 cm³/mol. The summed E-state index contributed by atoms with van der Waals surface area (Å²) in [5, 5.41) is 2.21. The summed E-state index contributed by atoms with van der Waals surface area (Å²) in [6, 6.07) is 3.30. The number of piperazine rings is 1. The van der Waals surface area contributed by atoms with Gasteiger partial charge in [-0.25, -0.2) is 4.39 Å². The van der Waals surface area contributed by atoms with Crippen LogP contribution < -0.4 is 5.32 Å². The quantitative estimate of drug-likeness (QED) is 0.821. The highest BCUT2D eigenvalue weighted by Crippen LogP contribution is 2.16. The van der Waals surface area contributed by atoms with Gasteiger partial charge in [0.25, 0.3) is 5.91 Å². The second kappa shape index (κ2) is 5.40. The first-order valence-electron chi connectivity index (χ1n) is 6.35. The lowest BCUT2D eigenvalue weighted by Gasteiger charge is -2.33. The summed E-state index contributed by atoms with van der Waals surface area (Å²) in [4.78, 5) is 36.8. The summed E-state index contributed by atoms with van der Waals surface area (Å²) in [5.41, 5.74) is 0.613. The Morgan fingerprint density at radius 1 is 1.45 bits per heavy atom. The summed E-state index contributed by atoms with van der Waals surface area (Å²) >= 11 is 0. The number of halogens is 1. The lowest BCUT2D eigenvalue weighted by atomic mass is 10.1. The van der Waals surface area contributed by atoms with E-state index in [2.05, 4.69) is 5.32 Å². The van der Waals surface area contributed by atoms with Gasteiger partial charge in [0.2, 0.25) is 11.8 Å². The van der Waals surface area contributed by atoms with Crippen molar-refractivity contribution in [1.29, 1.82) is 0 Å². The Hall–Kier alpha value is -2.24.